The molecule has 4 heteroatoms. The summed E-state index contributed by atoms with van der Waals surface area (Å²) >= 11 is 0. The van der Waals surface area contributed by atoms with Gasteiger partial charge in [0.1, 0.15) is 11.5 Å². The van der Waals surface area contributed by atoms with E-state index in [9.17, 15) is 10.2 Å². The Kier molecular flexibility index (Phi) is 7.52. The van der Waals surface area contributed by atoms with Crippen LogP contribution in [0.3, 0.4) is 0 Å². The minimum atomic E-state index is 0.355. The van der Waals surface area contributed by atoms with Crippen LogP contribution >= 0.6 is 0 Å². The Morgan fingerprint density at radius 2 is 1.13 bits per heavy atom. The van der Waals surface area contributed by atoms with Gasteiger partial charge in [-0.25, -0.2) is 0 Å². The minimum Gasteiger partial charge on any atom is -0.508 e. The highest BCUT2D eigenvalue weighted by Crippen LogP contribution is 2.34. The number of aryl methyl sites for hydroxylation is 2. The number of anilines is 2. The van der Waals surface area contributed by atoms with Crippen molar-refractivity contribution in [2.24, 2.45) is 0 Å². The Bertz CT molecular complexity index is 766. The molecule has 4 nitrogen and oxygen atoms in total. The van der Waals surface area contributed by atoms with Crippen LogP contribution in [0, 0.1) is 0 Å². The fourth-order valence-electron chi connectivity index (χ4n) is 4.64. The van der Waals surface area contributed by atoms with Gasteiger partial charge in [0.05, 0.1) is 0 Å². The van der Waals surface area contributed by atoms with Gasteiger partial charge in [-0.05, 0) is 87.1 Å². The first-order valence-corrected chi connectivity index (χ1v) is 11.6. The summed E-state index contributed by atoms with van der Waals surface area (Å²) in [5.74, 6) is 0.711. The molecule has 2 aromatic carbocycles. The zero-order valence-electron chi connectivity index (χ0n) is 19.1. The number of unbranched alkanes of at least 4 members (excludes halogenated alkanes) is 2. The number of aromatic hydroxyl groups is 2. The van der Waals surface area contributed by atoms with Crippen LogP contribution in [-0.2, 0) is 12.8 Å². The van der Waals surface area contributed by atoms with Gasteiger partial charge in [0.15, 0.2) is 0 Å². The highest BCUT2D eigenvalue weighted by atomic mass is 16.3. The smallest absolute Gasteiger partial charge is 0.116 e. The lowest BCUT2D eigenvalue weighted by Gasteiger charge is -2.47. The summed E-state index contributed by atoms with van der Waals surface area (Å²) < 4.78 is 0. The molecular weight excluding hydrogens is 372 g/mol. The molecule has 0 radical (unpaired) electrons. The van der Waals surface area contributed by atoms with E-state index in [4.69, 9.17) is 0 Å². The number of piperazine rings is 1. The van der Waals surface area contributed by atoms with Gasteiger partial charge in [0.2, 0.25) is 0 Å². The lowest BCUT2D eigenvalue weighted by atomic mass is 9.99. The third-order valence-corrected chi connectivity index (χ3v) is 6.33. The summed E-state index contributed by atoms with van der Waals surface area (Å²) in [7, 11) is 0. The molecule has 0 saturated carbocycles. The first-order valence-electron chi connectivity index (χ1n) is 11.6. The van der Waals surface area contributed by atoms with E-state index in [1.807, 2.05) is 24.3 Å². The van der Waals surface area contributed by atoms with Crippen LogP contribution in [0.15, 0.2) is 36.4 Å². The van der Waals surface area contributed by atoms with Gasteiger partial charge in [0.25, 0.3) is 0 Å². The van der Waals surface area contributed by atoms with Crippen molar-refractivity contribution in [1.82, 2.24) is 0 Å². The van der Waals surface area contributed by atoms with Crippen molar-refractivity contribution in [2.45, 2.75) is 78.3 Å². The first-order chi connectivity index (χ1) is 14.4. The number of nitrogens with zero attached hydrogens (tertiary/aromatic N) is 2. The fourth-order valence-corrected chi connectivity index (χ4v) is 4.64. The predicted molar refractivity (Wildman–Crippen MR) is 127 cm³/mol. The Balaban J connectivity index is 1.85. The molecule has 2 N–H and O–H groups in total. The van der Waals surface area contributed by atoms with Gasteiger partial charge < -0.3 is 20.0 Å². The van der Waals surface area contributed by atoms with Gasteiger partial charge in [-0.3, -0.25) is 0 Å². The van der Waals surface area contributed by atoms with Crippen LogP contribution in [0.4, 0.5) is 11.4 Å². The summed E-state index contributed by atoms with van der Waals surface area (Å²) in [5.41, 5.74) is 5.02. The minimum absolute atomic E-state index is 0.355. The number of hydrogen-bond donors (Lipinski definition) is 2. The van der Waals surface area contributed by atoms with Crippen LogP contribution < -0.4 is 9.80 Å². The van der Waals surface area contributed by atoms with E-state index in [0.29, 0.717) is 23.6 Å². The van der Waals surface area contributed by atoms with Gasteiger partial charge >= 0.3 is 0 Å². The molecule has 1 saturated heterocycles. The van der Waals surface area contributed by atoms with E-state index in [1.165, 1.54) is 22.5 Å². The second-order valence-corrected chi connectivity index (χ2v) is 8.84. The summed E-state index contributed by atoms with van der Waals surface area (Å²) in [6.07, 6.45) is 6.57. The molecule has 30 heavy (non-hydrogen) atoms. The maximum absolute atomic E-state index is 10.0. The SMILES string of the molecule is CCCCc1cc(O)ccc1N1CC(C)N(c2ccc(O)cc2CCCC)CC1C. The molecule has 0 amide bonds. The second-order valence-electron chi connectivity index (χ2n) is 8.84. The Morgan fingerprint density at radius 3 is 1.50 bits per heavy atom. The van der Waals surface area contributed by atoms with Crippen molar-refractivity contribution < 1.29 is 10.2 Å². The normalized spacial score (nSPS) is 19.3. The molecule has 1 fully saturated rings. The topological polar surface area (TPSA) is 46.9 Å². The predicted octanol–water partition coefficient (Wildman–Crippen LogP) is 5.89. The fraction of sp³-hybridized carbons (Fsp3) is 0.538. The van der Waals surface area contributed by atoms with Crippen molar-refractivity contribution in [2.75, 3.05) is 22.9 Å². The van der Waals surface area contributed by atoms with Crippen molar-refractivity contribution in [3.8, 4) is 11.5 Å². The number of rotatable bonds is 8. The zero-order valence-corrected chi connectivity index (χ0v) is 19.1. The Morgan fingerprint density at radius 1 is 0.733 bits per heavy atom. The van der Waals surface area contributed by atoms with Crippen LogP contribution in [0.2, 0.25) is 0 Å². The molecule has 0 aromatic heterocycles. The van der Waals surface area contributed by atoms with Crippen molar-refractivity contribution in [1.29, 1.82) is 0 Å². The van der Waals surface area contributed by atoms with E-state index < -0.39 is 0 Å². The number of benzene rings is 2. The maximum atomic E-state index is 10.0. The molecule has 1 heterocycles. The second kappa shape index (κ2) is 10.1. The van der Waals surface area contributed by atoms with Gasteiger partial charge in [-0.15, -0.1) is 0 Å². The molecule has 0 spiro atoms. The summed E-state index contributed by atoms with van der Waals surface area (Å²) in [5, 5.41) is 20.0. The van der Waals surface area contributed by atoms with E-state index in [2.05, 4.69) is 49.6 Å². The highest BCUT2D eigenvalue weighted by molar-refractivity contribution is 5.62. The van der Waals surface area contributed by atoms with Crippen molar-refractivity contribution >= 4 is 11.4 Å². The third kappa shape index (κ3) is 5.03. The standard InChI is InChI=1S/C26H38N2O2/c1-5-7-9-21-15-23(29)11-13-25(21)27-17-20(4)28(18-19(27)3)26-14-12-24(30)16-22(26)10-8-6-2/h11-16,19-20,29-30H,5-10,17-18H2,1-4H3. The molecule has 2 unspecified atom stereocenters. The third-order valence-electron chi connectivity index (χ3n) is 6.33. The van der Waals surface area contributed by atoms with Crippen LogP contribution in [0.5, 0.6) is 11.5 Å². The van der Waals surface area contributed by atoms with Crippen LogP contribution in [0.1, 0.15) is 64.5 Å². The molecule has 2 aromatic rings. The molecule has 2 atom stereocenters. The van der Waals surface area contributed by atoms with E-state index in [-0.39, 0.29) is 0 Å². The van der Waals surface area contributed by atoms with Crippen molar-refractivity contribution in [3.05, 3.63) is 47.5 Å². The largest absolute Gasteiger partial charge is 0.508 e. The zero-order chi connectivity index (χ0) is 21.7. The maximum Gasteiger partial charge on any atom is 0.116 e. The molecule has 3 rings (SSSR count). The summed E-state index contributed by atoms with van der Waals surface area (Å²) in [4.78, 5) is 5.02. The molecular formula is C26H38N2O2. The Labute approximate surface area is 182 Å². The average Bonchev–Trinajstić information content (AvgIpc) is 2.72. The Hall–Kier alpha value is -2.36. The van der Waals surface area contributed by atoms with Gasteiger partial charge in [-0.1, -0.05) is 26.7 Å². The van der Waals surface area contributed by atoms with E-state index in [1.54, 1.807) is 0 Å². The lowest BCUT2D eigenvalue weighted by Crippen LogP contribution is -2.57. The number of hydrogen-bond acceptors (Lipinski definition) is 4. The monoisotopic (exact) mass is 410 g/mol. The number of phenols is 2. The summed E-state index contributed by atoms with van der Waals surface area (Å²) in [6.45, 7) is 10.9. The average molecular weight is 411 g/mol. The highest BCUT2D eigenvalue weighted by Gasteiger charge is 2.31. The van der Waals surface area contributed by atoms with Gasteiger partial charge in [0, 0.05) is 36.5 Å². The number of phenolic OH excluding ortho intramolecular Hbond substituents is 2. The molecule has 1 aliphatic rings. The van der Waals surface area contributed by atoms with Crippen LogP contribution in [-0.4, -0.2) is 35.4 Å². The summed E-state index contributed by atoms with van der Waals surface area (Å²) in [6, 6.07) is 12.4. The van der Waals surface area contributed by atoms with Crippen molar-refractivity contribution in [3.63, 3.8) is 0 Å². The molecule has 164 valence electrons. The van der Waals surface area contributed by atoms with Gasteiger partial charge in [-0.2, -0.15) is 0 Å². The molecule has 0 aliphatic carbocycles. The quantitative estimate of drug-likeness (QED) is 0.570. The first kappa shape index (κ1) is 22.3. The van der Waals surface area contributed by atoms with E-state index in [0.717, 1.165) is 51.6 Å². The molecule has 1 aliphatic heterocycles. The van der Waals surface area contributed by atoms with Crippen LogP contribution in [0.25, 0.3) is 0 Å². The lowest BCUT2D eigenvalue weighted by molar-refractivity contribution is 0.467. The molecule has 0 bridgehead atoms. The van der Waals surface area contributed by atoms with E-state index >= 15 is 0 Å².